The van der Waals surface area contributed by atoms with E-state index in [2.05, 4.69) is 4.79 Å². The van der Waals surface area contributed by atoms with Gasteiger partial charge < -0.3 is 10.1 Å². The fourth-order valence-electron chi connectivity index (χ4n) is 6.26. The molecular weight excluding hydrogens is 521 g/mol. The number of hydrogen-bond acceptors (Lipinski definition) is 3. The minimum absolute atomic E-state index is 0.0856. The van der Waals surface area contributed by atoms with Gasteiger partial charge in [-0.25, -0.2) is 23.5 Å². The van der Waals surface area contributed by atoms with Crippen LogP contribution in [0.3, 0.4) is 0 Å². The number of hydrogen-bond donors (Lipinski definition) is 0. The van der Waals surface area contributed by atoms with E-state index in [1.165, 1.54) is 9.36 Å². The van der Waals surface area contributed by atoms with Gasteiger partial charge in [-0.15, -0.1) is 0 Å². The van der Waals surface area contributed by atoms with E-state index in [4.69, 9.17) is 11.6 Å². The molecule has 0 spiro atoms. The predicted octanol–water partition coefficient (Wildman–Crippen LogP) is 5.75. The first-order valence-corrected chi connectivity index (χ1v) is 14.6. The van der Waals surface area contributed by atoms with Gasteiger partial charge in [0.15, 0.2) is 0 Å². The third-order valence-electron chi connectivity index (χ3n) is 7.71. The molecule has 8 nitrogen and oxygen atoms in total. The molecule has 6 rings (SSSR count). The monoisotopic (exact) mass is 551 g/mol. The maximum absolute atomic E-state index is 15.2. The Morgan fingerprint density at radius 1 is 0.868 bits per heavy atom. The highest BCUT2D eigenvalue weighted by atomic mass is 35.5. The van der Waals surface area contributed by atoms with Crippen LogP contribution < -0.4 is 11.4 Å². The summed E-state index contributed by atoms with van der Waals surface area (Å²) in [7, 11) is -3.48. The van der Waals surface area contributed by atoms with Gasteiger partial charge in [0.2, 0.25) is 7.14 Å². The molecule has 2 aliphatic heterocycles. The Kier molecular flexibility index (Phi) is 6.03. The largest absolute Gasteiger partial charge is 0.361 e. The number of para-hydroxylation sites is 1. The van der Waals surface area contributed by atoms with Gasteiger partial charge in [-0.1, -0.05) is 95.6 Å². The van der Waals surface area contributed by atoms with Crippen LogP contribution in [0.2, 0.25) is 0 Å². The molecule has 0 N–H and O–H groups in total. The molecule has 38 heavy (non-hydrogen) atoms. The summed E-state index contributed by atoms with van der Waals surface area (Å²) in [4.78, 5) is 31.6. The van der Waals surface area contributed by atoms with Crippen molar-refractivity contribution in [2.45, 2.75) is 69.9 Å². The number of rotatable bonds is 3. The lowest BCUT2D eigenvalue weighted by molar-refractivity contribution is -0.00680. The van der Waals surface area contributed by atoms with Crippen LogP contribution in [0.1, 0.15) is 70.7 Å². The molecule has 3 aliphatic rings. The highest BCUT2D eigenvalue weighted by molar-refractivity contribution is 7.83. The topological polar surface area (TPSA) is 102 Å². The summed E-state index contributed by atoms with van der Waals surface area (Å²) in [6.07, 6.45) is 1.76. The molecule has 0 saturated heterocycles. The Morgan fingerprint density at radius 2 is 1.39 bits per heavy atom. The van der Waals surface area contributed by atoms with E-state index in [9.17, 15) is 15.1 Å². The van der Waals surface area contributed by atoms with Gasteiger partial charge in [-0.05, 0) is 29.3 Å². The molecule has 2 bridgehead atoms. The van der Waals surface area contributed by atoms with E-state index in [1.807, 2.05) is 71.9 Å². The lowest BCUT2D eigenvalue weighted by Crippen LogP contribution is -2.41. The summed E-state index contributed by atoms with van der Waals surface area (Å²) < 4.78 is 19.1. The zero-order chi connectivity index (χ0) is 27.8. The van der Waals surface area contributed by atoms with Crippen molar-refractivity contribution in [1.82, 2.24) is 13.9 Å². The fraction of sp³-hybridized carbons (Fsp3) is 0.393. The van der Waals surface area contributed by atoms with Crippen molar-refractivity contribution < 1.29 is 9.35 Å². The van der Waals surface area contributed by atoms with Gasteiger partial charge in [-0.2, -0.15) is 4.79 Å². The van der Waals surface area contributed by atoms with E-state index in [-0.39, 0.29) is 5.45 Å². The van der Waals surface area contributed by atoms with E-state index < -0.39 is 46.8 Å². The maximum atomic E-state index is 15.2. The fourth-order valence-corrected chi connectivity index (χ4v) is 10.8. The lowest BCUT2D eigenvalue weighted by Gasteiger charge is -2.40. The van der Waals surface area contributed by atoms with Gasteiger partial charge in [0.25, 0.3) is 0 Å². The maximum Gasteiger partial charge on any atom is 0.352 e. The van der Waals surface area contributed by atoms with Crippen LogP contribution in [-0.4, -0.2) is 34.5 Å². The van der Waals surface area contributed by atoms with Crippen LogP contribution >= 0.6 is 18.7 Å². The molecule has 0 saturated carbocycles. The van der Waals surface area contributed by atoms with Crippen LogP contribution in [0.5, 0.6) is 0 Å². The number of allylic oxidation sites excluding steroid dienone is 2. The molecular formula is C28H31ClN5O3P. The second-order valence-electron chi connectivity index (χ2n) is 11.9. The summed E-state index contributed by atoms with van der Waals surface area (Å²) in [6, 6.07) is 14.5. The van der Waals surface area contributed by atoms with E-state index in [0.717, 1.165) is 15.7 Å². The Balaban J connectivity index is 1.91. The van der Waals surface area contributed by atoms with Crippen molar-refractivity contribution in [3.05, 3.63) is 103 Å². The smallest absolute Gasteiger partial charge is 0.352 e. The average Bonchev–Trinajstić information content (AvgIpc) is 2.97. The Hall–Kier alpha value is -3.18. The third-order valence-corrected chi connectivity index (χ3v) is 12.8. The second-order valence-corrected chi connectivity index (χ2v) is 16.7. The van der Waals surface area contributed by atoms with E-state index >= 15 is 4.57 Å². The van der Waals surface area contributed by atoms with Crippen LogP contribution in [0, 0.1) is 0 Å². The van der Waals surface area contributed by atoms with E-state index in [0.29, 0.717) is 10.7 Å². The van der Waals surface area contributed by atoms with Gasteiger partial charge in [0, 0.05) is 15.3 Å². The number of nitrogens with zero attached hydrogens (tertiary/aromatic N) is 5. The van der Waals surface area contributed by atoms with E-state index in [1.54, 1.807) is 30.3 Å². The number of halogens is 1. The summed E-state index contributed by atoms with van der Waals surface area (Å²) >= 11 is 6.94. The normalized spacial score (nSPS) is 20.7. The van der Waals surface area contributed by atoms with Gasteiger partial charge in [0.1, 0.15) is 18.0 Å². The molecule has 2 aromatic carbocycles. The van der Waals surface area contributed by atoms with Crippen molar-refractivity contribution in [1.29, 1.82) is 0 Å². The van der Waals surface area contributed by atoms with Crippen molar-refractivity contribution >= 4 is 24.2 Å². The molecule has 198 valence electrons. The molecule has 1 aliphatic carbocycles. The van der Waals surface area contributed by atoms with Crippen LogP contribution in [0.25, 0.3) is 11.2 Å². The molecule has 0 radical (unpaired) electrons. The lowest BCUT2D eigenvalue weighted by atomic mass is 9.90. The SMILES string of the molecule is CC(C)(C)P(=O)(C(=[N+]=[N-])[C@@H]1c2ccccc2[C@@H]2C=C(Cl)[C@H]1n1c(=O)n(-c3ccccc3)c(=O)n12)C(C)(C)C. The second kappa shape index (κ2) is 8.67. The zero-order valence-electron chi connectivity index (χ0n) is 22.3. The number of benzene rings is 2. The standard InChI is InChI=1S/C28H31ClN5O3P/c1-27(2,3)38(37,28(4,5)6)24(31-30)22-19-15-11-10-14-18(19)21-16-20(29)23(22)34-26(36)32(25(35)33(21)34)17-12-8-7-9-13-17/h7-16,21-23H,1-6H3/t21-,22+,23+/m0/s1. The first-order valence-electron chi connectivity index (χ1n) is 12.6. The quantitative estimate of drug-likeness (QED) is 0.179. The van der Waals surface area contributed by atoms with Crippen molar-refractivity contribution in [3.8, 4) is 5.69 Å². The van der Waals surface area contributed by atoms with Crippen LogP contribution in [0.15, 0.2) is 75.3 Å². The minimum atomic E-state index is -3.48. The number of aromatic nitrogens is 3. The summed E-state index contributed by atoms with van der Waals surface area (Å²) in [5.41, 5.74) is 11.5. The van der Waals surface area contributed by atoms with Crippen LogP contribution in [-0.2, 0) is 4.57 Å². The Labute approximate surface area is 226 Å². The molecule has 0 amide bonds. The highest BCUT2D eigenvalue weighted by Crippen LogP contribution is 2.70. The average molecular weight is 552 g/mol. The molecule has 3 heterocycles. The van der Waals surface area contributed by atoms with Crippen molar-refractivity contribution in [3.63, 3.8) is 0 Å². The first-order chi connectivity index (χ1) is 17.8. The molecule has 10 heteroatoms. The zero-order valence-corrected chi connectivity index (χ0v) is 23.9. The summed E-state index contributed by atoms with van der Waals surface area (Å²) in [6.45, 7) is 11.2. The van der Waals surface area contributed by atoms with Crippen LogP contribution in [0.4, 0.5) is 0 Å². The minimum Gasteiger partial charge on any atom is -0.361 e. The van der Waals surface area contributed by atoms with Crippen molar-refractivity contribution in [2.24, 2.45) is 0 Å². The molecule has 3 aromatic rings. The Morgan fingerprint density at radius 3 is 1.95 bits per heavy atom. The predicted molar refractivity (Wildman–Crippen MR) is 150 cm³/mol. The molecule has 3 atom stereocenters. The molecule has 0 fully saturated rings. The van der Waals surface area contributed by atoms with Gasteiger partial charge >= 0.3 is 16.8 Å². The first kappa shape index (κ1) is 26.4. The highest BCUT2D eigenvalue weighted by Gasteiger charge is 2.61. The van der Waals surface area contributed by atoms with Crippen molar-refractivity contribution in [2.75, 3.05) is 0 Å². The molecule has 0 unspecified atom stereocenters. The summed E-state index contributed by atoms with van der Waals surface area (Å²) in [5, 5.41) is -1.23. The van der Waals surface area contributed by atoms with Gasteiger partial charge in [0.05, 0.1) is 5.69 Å². The van der Waals surface area contributed by atoms with Gasteiger partial charge in [-0.3, -0.25) is 0 Å². The summed E-state index contributed by atoms with van der Waals surface area (Å²) in [5.74, 6) is -0.855. The molecule has 1 aromatic heterocycles. The third kappa shape index (κ3) is 3.47. The Bertz CT molecular complexity index is 1680.